The van der Waals surface area contributed by atoms with Crippen molar-refractivity contribution in [2.24, 2.45) is 5.92 Å². The van der Waals surface area contributed by atoms with Gasteiger partial charge in [0.25, 0.3) is 0 Å². The molecular weight excluding hydrogens is 200 g/mol. The summed E-state index contributed by atoms with van der Waals surface area (Å²) in [6.45, 7) is 0.722. The van der Waals surface area contributed by atoms with Crippen molar-refractivity contribution >= 4 is 17.8 Å². The van der Waals surface area contributed by atoms with Gasteiger partial charge in [0.05, 0.1) is 5.92 Å². The van der Waals surface area contributed by atoms with Gasteiger partial charge in [-0.25, -0.2) is 0 Å². The van der Waals surface area contributed by atoms with Crippen LogP contribution < -0.4 is 10.6 Å². The van der Waals surface area contributed by atoms with Crippen molar-refractivity contribution in [2.75, 3.05) is 13.1 Å². The molecule has 1 saturated heterocycles. The summed E-state index contributed by atoms with van der Waals surface area (Å²) in [6, 6.07) is 0. The molecule has 1 atom stereocenters. The molecule has 0 aromatic heterocycles. The van der Waals surface area contributed by atoms with Gasteiger partial charge in [-0.1, -0.05) is 0 Å². The van der Waals surface area contributed by atoms with Gasteiger partial charge in [-0.15, -0.1) is 0 Å². The smallest absolute Gasteiger partial charge is 0.303 e. The summed E-state index contributed by atoms with van der Waals surface area (Å²) < 4.78 is 0. The van der Waals surface area contributed by atoms with Crippen LogP contribution in [0.25, 0.3) is 0 Å². The van der Waals surface area contributed by atoms with E-state index in [-0.39, 0.29) is 30.6 Å². The zero-order valence-electron chi connectivity index (χ0n) is 8.28. The van der Waals surface area contributed by atoms with E-state index in [9.17, 15) is 14.4 Å². The fraction of sp³-hybridized carbons (Fsp3) is 0.667. The Labute approximate surface area is 87.0 Å². The molecule has 0 aromatic rings. The normalized spacial score (nSPS) is 19.7. The lowest BCUT2D eigenvalue weighted by Crippen LogP contribution is -2.32. The maximum Gasteiger partial charge on any atom is 0.303 e. The third-order valence-electron chi connectivity index (χ3n) is 2.21. The highest BCUT2D eigenvalue weighted by Crippen LogP contribution is 2.08. The van der Waals surface area contributed by atoms with Crippen LogP contribution in [0.5, 0.6) is 0 Å². The molecule has 1 rings (SSSR count). The standard InChI is InChI=1S/C9H14N2O4/c12-7-4-6(5-11-7)9(15)10-3-1-2-8(13)14/h6H,1-5H2,(H,10,15)(H,11,12)(H,13,14). The molecule has 1 aliphatic heterocycles. The predicted octanol–water partition coefficient (Wildman–Crippen LogP) is -0.896. The van der Waals surface area contributed by atoms with Gasteiger partial charge in [0.15, 0.2) is 0 Å². The van der Waals surface area contributed by atoms with Crippen molar-refractivity contribution < 1.29 is 19.5 Å². The van der Waals surface area contributed by atoms with Gasteiger partial charge < -0.3 is 15.7 Å². The SMILES string of the molecule is O=C(O)CCCNC(=O)C1CNC(=O)C1. The summed E-state index contributed by atoms with van der Waals surface area (Å²) in [5.41, 5.74) is 0. The first kappa shape index (κ1) is 11.5. The van der Waals surface area contributed by atoms with E-state index < -0.39 is 5.97 Å². The number of carbonyl (C=O) groups is 3. The molecule has 1 fully saturated rings. The van der Waals surface area contributed by atoms with Gasteiger partial charge in [0.2, 0.25) is 11.8 Å². The highest BCUT2D eigenvalue weighted by atomic mass is 16.4. The Hall–Kier alpha value is -1.59. The van der Waals surface area contributed by atoms with Crippen molar-refractivity contribution in [1.82, 2.24) is 10.6 Å². The highest BCUT2D eigenvalue weighted by molar-refractivity contribution is 5.89. The second-order valence-corrected chi connectivity index (χ2v) is 3.49. The van der Waals surface area contributed by atoms with Crippen molar-refractivity contribution in [1.29, 1.82) is 0 Å². The van der Waals surface area contributed by atoms with Gasteiger partial charge in [-0.2, -0.15) is 0 Å². The summed E-state index contributed by atoms with van der Waals surface area (Å²) in [6.07, 6.45) is 0.683. The van der Waals surface area contributed by atoms with E-state index in [0.717, 1.165) is 0 Å². The Balaban J connectivity index is 2.13. The Morgan fingerprint density at radius 2 is 2.27 bits per heavy atom. The summed E-state index contributed by atoms with van der Waals surface area (Å²) in [7, 11) is 0. The quantitative estimate of drug-likeness (QED) is 0.517. The molecule has 84 valence electrons. The summed E-state index contributed by atoms with van der Waals surface area (Å²) >= 11 is 0. The zero-order chi connectivity index (χ0) is 11.3. The lowest BCUT2D eigenvalue weighted by Gasteiger charge is -2.07. The molecule has 1 unspecified atom stereocenters. The monoisotopic (exact) mass is 214 g/mol. The van der Waals surface area contributed by atoms with E-state index in [1.54, 1.807) is 0 Å². The van der Waals surface area contributed by atoms with Crippen LogP contribution in [0.15, 0.2) is 0 Å². The van der Waals surface area contributed by atoms with Crippen LogP contribution in [0.2, 0.25) is 0 Å². The minimum Gasteiger partial charge on any atom is -0.481 e. The maximum atomic E-state index is 11.4. The van der Waals surface area contributed by atoms with E-state index in [0.29, 0.717) is 19.5 Å². The minimum absolute atomic E-state index is 0.0438. The molecule has 15 heavy (non-hydrogen) atoms. The van der Waals surface area contributed by atoms with Crippen molar-refractivity contribution in [3.63, 3.8) is 0 Å². The number of aliphatic carboxylic acids is 1. The molecule has 2 amide bonds. The molecule has 1 aliphatic rings. The molecule has 0 saturated carbocycles. The molecule has 1 heterocycles. The first-order chi connectivity index (χ1) is 7.09. The fourth-order valence-electron chi connectivity index (χ4n) is 1.39. The number of carboxylic acid groups (broad SMARTS) is 1. The lowest BCUT2D eigenvalue weighted by atomic mass is 10.1. The molecule has 0 radical (unpaired) electrons. The molecular formula is C9H14N2O4. The number of hydrogen-bond donors (Lipinski definition) is 3. The molecule has 0 bridgehead atoms. The van der Waals surface area contributed by atoms with Gasteiger partial charge in [-0.05, 0) is 6.42 Å². The topological polar surface area (TPSA) is 95.5 Å². The second kappa shape index (κ2) is 5.33. The van der Waals surface area contributed by atoms with Crippen LogP contribution in [-0.4, -0.2) is 36.0 Å². The van der Waals surface area contributed by atoms with E-state index in [4.69, 9.17) is 5.11 Å². The number of nitrogens with one attached hydrogen (secondary N) is 2. The molecule has 0 spiro atoms. The number of carboxylic acids is 1. The zero-order valence-corrected chi connectivity index (χ0v) is 8.28. The van der Waals surface area contributed by atoms with E-state index in [2.05, 4.69) is 10.6 Å². The Morgan fingerprint density at radius 3 is 2.80 bits per heavy atom. The van der Waals surface area contributed by atoms with Crippen LogP contribution in [0.3, 0.4) is 0 Å². The summed E-state index contributed by atoms with van der Waals surface area (Å²) in [4.78, 5) is 32.4. The van der Waals surface area contributed by atoms with Gasteiger partial charge in [-0.3, -0.25) is 14.4 Å². The lowest BCUT2D eigenvalue weighted by molar-refractivity contribution is -0.137. The van der Waals surface area contributed by atoms with E-state index >= 15 is 0 Å². The minimum atomic E-state index is -0.873. The third kappa shape index (κ3) is 3.97. The predicted molar refractivity (Wildman–Crippen MR) is 51.0 cm³/mol. The molecule has 3 N–H and O–H groups in total. The van der Waals surface area contributed by atoms with Crippen LogP contribution in [0.1, 0.15) is 19.3 Å². The number of amides is 2. The first-order valence-electron chi connectivity index (χ1n) is 4.86. The number of rotatable bonds is 5. The average molecular weight is 214 g/mol. The fourth-order valence-corrected chi connectivity index (χ4v) is 1.39. The van der Waals surface area contributed by atoms with Crippen molar-refractivity contribution in [3.8, 4) is 0 Å². The van der Waals surface area contributed by atoms with Crippen molar-refractivity contribution in [2.45, 2.75) is 19.3 Å². The largest absolute Gasteiger partial charge is 0.481 e. The van der Waals surface area contributed by atoms with E-state index in [1.165, 1.54) is 0 Å². The Bertz CT molecular complexity index is 277. The second-order valence-electron chi connectivity index (χ2n) is 3.49. The van der Waals surface area contributed by atoms with Crippen LogP contribution in [0.4, 0.5) is 0 Å². The first-order valence-corrected chi connectivity index (χ1v) is 4.86. The highest BCUT2D eigenvalue weighted by Gasteiger charge is 2.27. The molecule has 0 aromatic carbocycles. The van der Waals surface area contributed by atoms with Gasteiger partial charge in [0, 0.05) is 25.9 Å². The molecule has 6 nitrogen and oxygen atoms in total. The Morgan fingerprint density at radius 1 is 1.53 bits per heavy atom. The maximum absolute atomic E-state index is 11.4. The average Bonchev–Trinajstić information content (AvgIpc) is 2.59. The van der Waals surface area contributed by atoms with Crippen LogP contribution in [0, 0.1) is 5.92 Å². The number of hydrogen-bond acceptors (Lipinski definition) is 3. The van der Waals surface area contributed by atoms with Gasteiger partial charge >= 0.3 is 5.97 Å². The number of carbonyl (C=O) groups excluding carboxylic acids is 2. The van der Waals surface area contributed by atoms with Crippen molar-refractivity contribution in [3.05, 3.63) is 0 Å². The third-order valence-corrected chi connectivity index (χ3v) is 2.21. The molecule has 6 heteroatoms. The van der Waals surface area contributed by atoms with E-state index in [1.807, 2.05) is 0 Å². The van der Waals surface area contributed by atoms with Crippen LogP contribution >= 0.6 is 0 Å². The van der Waals surface area contributed by atoms with Gasteiger partial charge in [0.1, 0.15) is 0 Å². The Kier molecular flexibility index (Phi) is 4.08. The summed E-state index contributed by atoms with van der Waals surface area (Å²) in [5, 5.41) is 13.5. The van der Waals surface area contributed by atoms with Crippen LogP contribution in [-0.2, 0) is 14.4 Å². The summed E-state index contributed by atoms with van der Waals surface area (Å²) in [5.74, 6) is -1.47. The molecule has 0 aliphatic carbocycles.